The van der Waals surface area contributed by atoms with Crippen LogP contribution in [-0.4, -0.2) is 92.4 Å². The number of carbonyl (C=O) groups is 2. The van der Waals surface area contributed by atoms with E-state index in [4.69, 9.17) is 4.55 Å². The molecule has 1 aromatic rings. The van der Waals surface area contributed by atoms with Crippen molar-refractivity contribution in [3.8, 4) is 0 Å². The molecular weight excluding hydrogens is 323 g/mol. The van der Waals surface area contributed by atoms with Crippen LogP contribution in [0.25, 0.3) is 6.08 Å². The molecule has 0 spiro atoms. The molecular formula is C11H13N4NaO5S. The van der Waals surface area contributed by atoms with Gasteiger partial charge in [-0.05, 0) is 18.6 Å². The molecule has 9 nitrogen and oxygen atoms in total. The summed E-state index contributed by atoms with van der Waals surface area (Å²) in [4.78, 5) is 25.1. The van der Waals surface area contributed by atoms with Crippen molar-refractivity contribution in [2.75, 3.05) is 6.54 Å². The Morgan fingerprint density at radius 2 is 2.23 bits per heavy atom. The number of β-lactam (4-membered cyclic amide) rings is 1. The fourth-order valence-electron chi connectivity index (χ4n) is 2.68. The molecule has 22 heavy (non-hydrogen) atoms. The van der Waals surface area contributed by atoms with E-state index in [0.717, 1.165) is 0 Å². The van der Waals surface area contributed by atoms with E-state index in [9.17, 15) is 18.0 Å². The van der Waals surface area contributed by atoms with Crippen molar-refractivity contribution >= 4 is 57.8 Å². The minimum absolute atomic E-state index is 0. The zero-order chi connectivity index (χ0) is 15.2. The Hall–Kier alpha value is -1.20. The Balaban J connectivity index is 0.00000176. The molecule has 3 heterocycles. The molecule has 114 valence electrons. The standard InChI is InChI=1S/C11H12N4O5S.Na.H/c16-9(2-1-7-3-5-12-13-7)14-6-4-8-10(14)11(17)15(8)21(18,19)20;;/h1-3,5,8,10H,4,6H2,(H,12,13)(H,18,19,20);;/b2-1+;;/t8-,10+;;/m1../s1. The van der Waals surface area contributed by atoms with Crippen LogP contribution in [0.4, 0.5) is 0 Å². The number of aromatic amines is 1. The summed E-state index contributed by atoms with van der Waals surface area (Å²) in [6.07, 6.45) is 4.70. The van der Waals surface area contributed by atoms with Gasteiger partial charge in [0.2, 0.25) is 5.91 Å². The van der Waals surface area contributed by atoms with E-state index in [-0.39, 0.29) is 36.1 Å². The van der Waals surface area contributed by atoms with Crippen LogP contribution in [-0.2, 0) is 19.9 Å². The third-order valence-electron chi connectivity index (χ3n) is 3.59. The van der Waals surface area contributed by atoms with Gasteiger partial charge in [0, 0.05) is 18.8 Å². The van der Waals surface area contributed by atoms with Crippen LogP contribution in [0.2, 0.25) is 0 Å². The molecule has 2 atom stereocenters. The Morgan fingerprint density at radius 3 is 2.82 bits per heavy atom. The van der Waals surface area contributed by atoms with E-state index in [1.807, 2.05) is 0 Å². The van der Waals surface area contributed by atoms with Crippen LogP contribution >= 0.6 is 0 Å². The number of fused-ring (bicyclic) bond motifs is 1. The Bertz CT molecular complexity index is 717. The third-order valence-corrected chi connectivity index (χ3v) is 4.54. The van der Waals surface area contributed by atoms with E-state index >= 15 is 0 Å². The average molecular weight is 336 g/mol. The number of likely N-dealkylation sites (tertiary alicyclic amines) is 1. The third kappa shape index (κ3) is 2.84. The average Bonchev–Trinajstić information content (AvgIpc) is 3.00. The first-order valence-electron chi connectivity index (χ1n) is 6.19. The molecule has 0 saturated carbocycles. The Morgan fingerprint density at radius 1 is 1.50 bits per heavy atom. The molecule has 2 aliphatic heterocycles. The summed E-state index contributed by atoms with van der Waals surface area (Å²) in [5.41, 5.74) is 0.568. The molecule has 3 rings (SSSR count). The predicted molar refractivity (Wildman–Crippen MR) is 77.1 cm³/mol. The summed E-state index contributed by atoms with van der Waals surface area (Å²) in [5.74, 6) is -1.17. The minimum atomic E-state index is -4.55. The molecule has 0 bridgehead atoms. The van der Waals surface area contributed by atoms with Gasteiger partial charge in [0.15, 0.2) is 0 Å². The molecule has 2 N–H and O–H groups in total. The summed E-state index contributed by atoms with van der Waals surface area (Å²) >= 11 is 0. The maximum atomic E-state index is 12.1. The monoisotopic (exact) mass is 336 g/mol. The van der Waals surface area contributed by atoms with Crippen molar-refractivity contribution in [1.29, 1.82) is 0 Å². The molecule has 2 fully saturated rings. The molecule has 1 aromatic heterocycles. The number of hydrogen-bond donors (Lipinski definition) is 2. The molecule has 11 heteroatoms. The van der Waals surface area contributed by atoms with Crippen molar-refractivity contribution in [1.82, 2.24) is 19.4 Å². The van der Waals surface area contributed by atoms with Crippen LogP contribution < -0.4 is 0 Å². The number of nitrogens with zero attached hydrogens (tertiary/aromatic N) is 3. The zero-order valence-electron chi connectivity index (χ0n) is 10.7. The summed E-state index contributed by atoms with van der Waals surface area (Å²) in [5, 5.41) is 6.45. The fourth-order valence-corrected chi connectivity index (χ4v) is 3.58. The quantitative estimate of drug-likeness (QED) is 0.296. The number of amides is 2. The summed E-state index contributed by atoms with van der Waals surface area (Å²) in [6, 6.07) is 0.184. The molecule has 2 aliphatic rings. The van der Waals surface area contributed by atoms with Crippen LogP contribution in [0.5, 0.6) is 0 Å². The van der Waals surface area contributed by atoms with E-state index in [1.165, 1.54) is 17.1 Å². The van der Waals surface area contributed by atoms with Gasteiger partial charge < -0.3 is 4.90 Å². The fraction of sp³-hybridized carbons (Fsp3) is 0.364. The van der Waals surface area contributed by atoms with Crippen LogP contribution in [0.3, 0.4) is 0 Å². The predicted octanol–water partition coefficient (Wildman–Crippen LogP) is -1.61. The van der Waals surface area contributed by atoms with Crippen LogP contribution in [0, 0.1) is 0 Å². The van der Waals surface area contributed by atoms with Gasteiger partial charge in [-0.25, -0.2) is 4.31 Å². The Kier molecular flexibility index (Phi) is 4.78. The Labute approximate surface area is 148 Å². The number of carbonyl (C=O) groups excluding carboxylic acids is 2. The number of hydrogen-bond acceptors (Lipinski definition) is 5. The van der Waals surface area contributed by atoms with E-state index < -0.39 is 34.2 Å². The van der Waals surface area contributed by atoms with Crippen molar-refractivity contribution in [3.63, 3.8) is 0 Å². The number of nitrogens with one attached hydrogen (secondary N) is 1. The number of H-pyrrole nitrogens is 1. The summed E-state index contributed by atoms with van der Waals surface area (Å²) in [6.45, 7) is 0.261. The first-order valence-corrected chi connectivity index (χ1v) is 7.58. The molecule has 0 aromatic carbocycles. The maximum absolute atomic E-state index is 12.1. The molecule has 0 radical (unpaired) electrons. The topological polar surface area (TPSA) is 124 Å². The van der Waals surface area contributed by atoms with Gasteiger partial charge in [-0.2, -0.15) is 13.5 Å². The SMILES string of the molecule is O=C(/C=C/c1cc[nH]n1)N1CC[C@@H]2[C@H]1C(=O)N2S(=O)(=O)O.[NaH]. The van der Waals surface area contributed by atoms with Gasteiger partial charge >= 0.3 is 39.9 Å². The number of aromatic nitrogens is 2. The summed E-state index contributed by atoms with van der Waals surface area (Å²) < 4.78 is 31.5. The first-order chi connectivity index (χ1) is 9.89. The summed E-state index contributed by atoms with van der Waals surface area (Å²) in [7, 11) is -4.55. The first kappa shape index (κ1) is 17.2. The van der Waals surface area contributed by atoms with Crippen molar-refractivity contribution in [2.24, 2.45) is 0 Å². The van der Waals surface area contributed by atoms with Crippen LogP contribution in [0.1, 0.15) is 12.1 Å². The molecule has 0 aliphatic carbocycles. The van der Waals surface area contributed by atoms with Crippen molar-refractivity contribution < 1.29 is 22.6 Å². The van der Waals surface area contributed by atoms with Gasteiger partial charge in [0.05, 0.1) is 11.7 Å². The van der Waals surface area contributed by atoms with Gasteiger partial charge in [-0.1, -0.05) is 0 Å². The second-order valence-corrected chi connectivity index (χ2v) is 6.07. The normalized spacial score (nSPS) is 24.1. The molecule has 2 saturated heterocycles. The van der Waals surface area contributed by atoms with Crippen LogP contribution in [0.15, 0.2) is 18.3 Å². The van der Waals surface area contributed by atoms with Gasteiger partial charge in [-0.15, -0.1) is 0 Å². The van der Waals surface area contributed by atoms with E-state index in [1.54, 1.807) is 12.3 Å². The van der Waals surface area contributed by atoms with Crippen molar-refractivity contribution in [3.05, 3.63) is 24.0 Å². The molecule has 2 amide bonds. The van der Waals surface area contributed by atoms with E-state index in [0.29, 0.717) is 16.4 Å². The second kappa shape index (κ2) is 6.13. The van der Waals surface area contributed by atoms with Gasteiger partial charge in [0.25, 0.3) is 5.91 Å². The zero-order valence-corrected chi connectivity index (χ0v) is 11.5. The van der Waals surface area contributed by atoms with E-state index in [2.05, 4.69) is 10.2 Å². The van der Waals surface area contributed by atoms with Gasteiger partial charge in [0.1, 0.15) is 6.04 Å². The van der Waals surface area contributed by atoms with Crippen molar-refractivity contribution in [2.45, 2.75) is 18.5 Å². The van der Waals surface area contributed by atoms with Gasteiger partial charge in [-0.3, -0.25) is 19.2 Å². The number of rotatable bonds is 3. The second-order valence-electron chi connectivity index (χ2n) is 4.78. The molecule has 0 unspecified atom stereocenters.